The second-order valence-electron chi connectivity index (χ2n) is 6.09. The average molecular weight is 413 g/mol. The van der Waals surface area contributed by atoms with E-state index in [-0.39, 0.29) is 11.6 Å². The molecule has 1 heterocycles. The molecule has 0 N–H and O–H groups in total. The maximum absolute atomic E-state index is 12.4. The molecule has 3 rings (SSSR count). The first-order chi connectivity index (χ1) is 14.5. The number of nitrogens with zero attached hydrogens (tertiary/aromatic N) is 1. The van der Waals surface area contributed by atoms with Crippen LogP contribution in [0.4, 0.5) is 0 Å². The van der Waals surface area contributed by atoms with Gasteiger partial charge in [-0.05, 0) is 42.8 Å². The van der Waals surface area contributed by atoms with E-state index in [1.165, 1.54) is 21.3 Å². The monoisotopic (exact) mass is 413 g/mol. The Labute approximate surface area is 174 Å². The fourth-order valence-electron chi connectivity index (χ4n) is 2.95. The Balaban J connectivity index is 1.98. The van der Waals surface area contributed by atoms with E-state index in [2.05, 4.69) is 4.99 Å². The Bertz CT molecular complexity index is 986. The molecule has 0 atom stereocenters. The summed E-state index contributed by atoms with van der Waals surface area (Å²) in [6.07, 6.45) is 1.62. The summed E-state index contributed by atoms with van der Waals surface area (Å²) in [5.74, 6) is 2.06. The van der Waals surface area contributed by atoms with Crippen molar-refractivity contribution in [2.24, 2.45) is 4.99 Å². The maximum Gasteiger partial charge on any atom is 0.363 e. The van der Waals surface area contributed by atoms with Crippen LogP contribution in [-0.4, -0.2) is 46.9 Å². The highest BCUT2D eigenvalue weighted by atomic mass is 16.6. The molecule has 8 heteroatoms. The molecular weight excluding hydrogens is 390 g/mol. The third-order valence-electron chi connectivity index (χ3n) is 4.32. The van der Waals surface area contributed by atoms with E-state index in [1.54, 1.807) is 43.5 Å². The topological polar surface area (TPSA) is 84.8 Å². The van der Waals surface area contributed by atoms with Crippen LogP contribution in [0.25, 0.3) is 6.08 Å². The number of cyclic esters (lactones) is 1. The Morgan fingerprint density at radius 3 is 2.13 bits per heavy atom. The first-order valence-electron chi connectivity index (χ1n) is 9.18. The highest BCUT2D eigenvalue weighted by Gasteiger charge is 2.26. The van der Waals surface area contributed by atoms with Crippen molar-refractivity contribution in [3.05, 3.63) is 47.2 Å². The maximum atomic E-state index is 12.4. The normalized spacial score (nSPS) is 14.2. The highest BCUT2D eigenvalue weighted by Crippen LogP contribution is 2.39. The molecule has 8 nitrogen and oxygen atoms in total. The molecule has 0 saturated carbocycles. The number of methoxy groups -OCH3 is 4. The number of esters is 1. The van der Waals surface area contributed by atoms with Gasteiger partial charge in [0.2, 0.25) is 11.6 Å². The molecule has 1 aliphatic rings. The minimum atomic E-state index is -0.562. The van der Waals surface area contributed by atoms with Crippen molar-refractivity contribution in [2.75, 3.05) is 35.0 Å². The molecule has 158 valence electrons. The van der Waals surface area contributed by atoms with Crippen LogP contribution in [0.1, 0.15) is 18.1 Å². The SMILES string of the molecule is CCOc1cc(/C=C2/N=C(c3cc(OC)c(OC)c(OC)c3)OC2=O)ccc1OC. The minimum absolute atomic E-state index is 0.143. The van der Waals surface area contributed by atoms with Crippen LogP contribution in [0.15, 0.2) is 41.0 Å². The third kappa shape index (κ3) is 4.17. The standard InChI is InChI=1S/C22H23NO7/c1-6-29-17-10-13(7-8-16(17)25-2)9-15-22(24)30-21(23-15)14-11-18(26-3)20(28-5)19(12-14)27-4/h7-12H,6H2,1-5H3/b15-9+. The number of hydrogen-bond acceptors (Lipinski definition) is 8. The third-order valence-corrected chi connectivity index (χ3v) is 4.32. The van der Waals surface area contributed by atoms with Gasteiger partial charge in [-0.3, -0.25) is 0 Å². The first kappa shape index (κ1) is 21.0. The van der Waals surface area contributed by atoms with Gasteiger partial charge in [0.1, 0.15) is 0 Å². The summed E-state index contributed by atoms with van der Waals surface area (Å²) in [7, 11) is 6.10. The van der Waals surface area contributed by atoms with Crippen molar-refractivity contribution >= 4 is 17.9 Å². The molecule has 0 amide bonds. The molecule has 0 spiro atoms. The summed E-state index contributed by atoms with van der Waals surface area (Å²) >= 11 is 0. The smallest absolute Gasteiger partial charge is 0.363 e. The van der Waals surface area contributed by atoms with Crippen LogP contribution in [-0.2, 0) is 9.53 Å². The highest BCUT2D eigenvalue weighted by molar-refractivity contribution is 6.13. The molecule has 30 heavy (non-hydrogen) atoms. The van der Waals surface area contributed by atoms with Gasteiger partial charge >= 0.3 is 5.97 Å². The van der Waals surface area contributed by atoms with Gasteiger partial charge in [0, 0.05) is 5.56 Å². The van der Waals surface area contributed by atoms with Crippen molar-refractivity contribution in [3.63, 3.8) is 0 Å². The van der Waals surface area contributed by atoms with Crippen molar-refractivity contribution in [1.29, 1.82) is 0 Å². The van der Waals surface area contributed by atoms with Gasteiger partial charge in [-0.2, -0.15) is 0 Å². The van der Waals surface area contributed by atoms with Crippen LogP contribution in [0.3, 0.4) is 0 Å². The molecule has 0 aliphatic carbocycles. The lowest BCUT2D eigenvalue weighted by Crippen LogP contribution is -2.07. The Morgan fingerprint density at radius 1 is 0.900 bits per heavy atom. The van der Waals surface area contributed by atoms with Crippen LogP contribution in [0, 0.1) is 0 Å². The number of hydrogen-bond donors (Lipinski definition) is 0. The zero-order valence-electron chi connectivity index (χ0n) is 17.5. The van der Waals surface area contributed by atoms with Gasteiger partial charge < -0.3 is 28.4 Å². The molecule has 0 fully saturated rings. The first-order valence-corrected chi connectivity index (χ1v) is 9.18. The van der Waals surface area contributed by atoms with E-state index in [0.717, 1.165) is 5.56 Å². The summed E-state index contributed by atoms with van der Waals surface area (Å²) in [5.41, 5.74) is 1.40. The molecule has 1 aliphatic heterocycles. The fourth-order valence-corrected chi connectivity index (χ4v) is 2.95. The van der Waals surface area contributed by atoms with Crippen LogP contribution in [0.5, 0.6) is 28.7 Å². The lowest BCUT2D eigenvalue weighted by atomic mass is 10.1. The van der Waals surface area contributed by atoms with Gasteiger partial charge in [-0.1, -0.05) is 6.07 Å². The van der Waals surface area contributed by atoms with E-state index in [1.807, 2.05) is 6.92 Å². The minimum Gasteiger partial charge on any atom is -0.493 e. The Kier molecular flexibility index (Phi) is 6.46. The number of aliphatic imine (C=N–C) groups is 1. The average Bonchev–Trinajstić information content (AvgIpc) is 3.13. The molecule has 0 radical (unpaired) electrons. The molecule has 2 aromatic carbocycles. The zero-order chi connectivity index (χ0) is 21.7. The number of ether oxygens (including phenoxy) is 6. The molecular formula is C22H23NO7. The predicted octanol–water partition coefficient (Wildman–Crippen LogP) is 3.46. The number of carbonyl (C=O) groups excluding carboxylic acids is 1. The molecule has 2 aromatic rings. The van der Waals surface area contributed by atoms with Crippen molar-refractivity contribution in [2.45, 2.75) is 6.92 Å². The van der Waals surface area contributed by atoms with E-state index in [0.29, 0.717) is 40.9 Å². The summed E-state index contributed by atoms with van der Waals surface area (Å²) in [6.45, 7) is 2.37. The fraction of sp³-hybridized carbons (Fsp3) is 0.273. The van der Waals surface area contributed by atoms with Crippen molar-refractivity contribution < 1.29 is 33.2 Å². The van der Waals surface area contributed by atoms with E-state index < -0.39 is 5.97 Å². The van der Waals surface area contributed by atoms with Crippen LogP contribution >= 0.6 is 0 Å². The molecule has 0 aromatic heterocycles. The molecule has 0 bridgehead atoms. The largest absolute Gasteiger partial charge is 0.493 e. The summed E-state index contributed by atoms with van der Waals surface area (Å²) < 4.78 is 32.2. The van der Waals surface area contributed by atoms with Gasteiger partial charge in [0.25, 0.3) is 0 Å². The van der Waals surface area contributed by atoms with Gasteiger partial charge in [0.05, 0.1) is 35.0 Å². The number of benzene rings is 2. The quantitative estimate of drug-likeness (QED) is 0.484. The van der Waals surface area contributed by atoms with Gasteiger partial charge in [-0.25, -0.2) is 9.79 Å². The van der Waals surface area contributed by atoms with Crippen LogP contribution in [0.2, 0.25) is 0 Å². The summed E-state index contributed by atoms with van der Waals surface area (Å²) in [4.78, 5) is 16.7. The van der Waals surface area contributed by atoms with E-state index in [9.17, 15) is 4.79 Å². The van der Waals surface area contributed by atoms with Crippen molar-refractivity contribution in [1.82, 2.24) is 0 Å². The predicted molar refractivity (Wildman–Crippen MR) is 111 cm³/mol. The van der Waals surface area contributed by atoms with Gasteiger partial charge in [-0.15, -0.1) is 0 Å². The van der Waals surface area contributed by atoms with Crippen molar-refractivity contribution in [3.8, 4) is 28.7 Å². The number of carbonyl (C=O) groups is 1. The number of rotatable bonds is 8. The lowest BCUT2D eigenvalue weighted by molar-refractivity contribution is -0.129. The van der Waals surface area contributed by atoms with E-state index in [4.69, 9.17) is 28.4 Å². The Hall–Kier alpha value is -3.68. The Morgan fingerprint density at radius 2 is 1.57 bits per heavy atom. The van der Waals surface area contributed by atoms with E-state index >= 15 is 0 Å². The zero-order valence-corrected chi connectivity index (χ0v) is 17.5. The lowest BCUT2D eigenvalue weighted by Gasteiger charge is -2.13. The second-order valence-corrected chi connectivity index (χ2v) is 6.09. The summed E-state index contributed by atoms with van der Waals surface area (Å²) in [5, 5.41) is 0. The molecule has 0 saturated heterocycles. The molecule has 0 unspecified atom stereocenters. The van der Waals surface area contributed by atoms with Crippen LogP contribution < -0.4 is 23.7 Å². The second kappa shape index (κ2) is 9.21. The van der Waals surface area contributed by atoms with Gasteiger partial charge in [0.15, 0.2) is 28.7 Å². The summed E-state index contributed by atoms with van der Waals surface area (Å²) in [6, 6.07) is 8.67.